The molecule has 2 aromatic rings. The van der Waals surface area contributed by atoms with Crippen LogP contribution in [-0.2, 0) is 0 Å². The van der Waals surface area contributed by atoms with Crippen molar-refractivity contribution in [3.05, 3.63) is 24.2 Å². The lowest BCUT2D eigenvalue weighted by atomic mass is 10.4. The highest BCUT2D eigenvalue weighted by Crippen LogP contribution is 2.02. The zero-order valence-electron chi connectivity index (χ0n) is 6.39. The molecular weight excluding hydrogens is 190 g/mol. The van der Waals surface area contributed by atoms with Crippen molar-refractivity contribution in [3.8, 4) is 0 Å². The second-order valence-corrected chi connectivity index (χ2v) is 2.77. The molecule has 1 amide bonds. The summed E-state index contributed by atoms with van der Waals surface area (Å²) in [4.78, 5) is 11.3. The van der Waals surface area contributed by atoms with Crippen molar-refractivity contribution in [1.82, 2.24) is 18.9 Å². The summed E-state index contributed by atoms with van der Waals surface area (Å²) in [6, 6.07) is 1.65. The quantitative estimate of drug-likeness (QED) is 0.731. The smallest absolute Gasteiger partial charge is 0.278 e. The summed E-state index contributed by atoms with van der Waals surface area (Å²) in [5, 5.41) is 8.86. The molecule has 2 heterocycles. The molecule has 0 spiro atoms. The topological polar surface area (TPSA) is 83.6 Å². The van der Waals surface area contributed by atoms with Gasteiger partial charge in [-0.15, -0.1) is 0 Å². The van der Waals surface area contributed by atoms with Gasteiger partial charge in [-0.1, -0.05) is 0 Å². The average Bonchev–Trinajstić information content (AvgIpc) is 2.74. The van der Waals surface area contributed by atoms with E-state index in [0.717, 1.165) is 11.7 Å². The molecule has 0 aliphatic heterocycles. The molecule has 6 nitrogen and oxygen atoms in total. The lowest BCUT2D eigenvalue weighted by Gasteiger charge is -1.96. The van der Waals surface area contributed by atoms with E-state index in [0.29, 0.717) is 11.5 Å². The molecule has 13 heavy (non-hydrogen) atoms. The Morgan fingerprint density at radius 1 is 1.62 bits per heavy atom. The average molecular weight is 195 g/mol. The normalized spacial score (nSPS) is 9.85. The highest BCUT2D eigenvalue weighted by atomic mass is 32.1. The highest BCUT2D eigenvalue weighted by molar-refractivity contribution is 6.99. The molecular formula is C6H5N5OS. The van der Waals surface area contributed by atoms with Crippen LogP contribution in [0, 0.1) is 0 Å². The van der Waals surface area contributed by atoms with Gasteiger partial charge in [0, 0.05) is 6.07 Å². The first-order valence-corrected chi connectivity index (χ1v) is 4.17. The summed E-state index contributed by atoms with van der Waals surface area (Å²) in [5.74, 6) is 0.246. The predicted molar refractivity (Wildman–Crippen MR) is 46.4 cm³/mol. The Bertz CT molecular complexity index is 381. The van der Waals surface area contributed by atoms with Gasteiger partial charge in [-0.25, -0.2) is 0 Å². The van der Waals surface area contributed by atoms with E-state index in [1.165, 1.54) is 6.20 Å². The molecule has 66 valence electrons. The van der Waals surface area contributed by atoms with Crippen LogP contribution in [0.3, 0.4) is 0 Å². The van der Waals surface area contributed by atoms with Gasteiger partial charge in [0.05, 0.1) is 24.1 Å². The number of hydrogen-bond acceptors (Lipinski definition) is 5. The fourth-order valence-corrected chi connectivity index (χ4v) is 1.19. The summed E-state index contributed by atoms with van der Waals surface area (Å²) in [6.07, 6.45) is 2.96. The van der Waals surface area contributed by atoms with Crippen LogP contribution in [0.1, 0.15) is 10.5 Å². The number of aromatic amines is 1. The van der Waals surface area contributed by atoms with E-state index in [1.807, 2.05) is 0 Å². The van der Waals surface area contributed by atoms with Crippen LogP contribution < -0.4 is 5.32 Å². The zero-order chi connectivity index (χ0) is 9.10. The molecule has 7 heteroatoms. The third-order valence-corrected chi connectivity index (χ3v) is 1.82. The molecule has 0 aromatic carbocycles. The molecule has 2 N–H and O–H groups in total. The van der Waals surface area contributed by atoms with Gasteiger partial charge in [-0.3, -0.25) is 9.89 Å². The molecule has 0 saturated carbocycles. The number of carbonyl (C=O) groups excluding carboxylic acids is 1. The van der Waals surface area contributed by atoms with Crippen LogP contribution in [0.25, 0.3) is 0 Å². The maximum atomic E-state index is 11.3. The van der Waals surface area contributed by atoms with Crippen LogP contribution in [0.4, 0.5) is 5.82 Å². The van der Waals surface area contributed by atoms with Crippen molar-refractivity contribution in [2.45, 2.75) is 0 Å². The lowest BCUT2D eigenvalue weighted by molar-refractivity contribution is 0.102. The number of anilines is 1. The maximum Gasteiger partial charge on any atom is 0.278 e. The van der Waals surface area contributed by atoms with E-state index >= 15 is 0 Å². The molecule has 0 aliphatic carbocycles. The van der Waals surface area contributed by atoms with Crippen molar-refractivity contribution in [3.63, 3.8) is 0 Å². The van der Waals surface area contributed by atoms with E-state index < -0.39 is 0 Å². The fraction of sp³-hybridized carbons (Fsp3) is 0. The number of rotatable bonds is 2. The van der Waals surface area contributed by atoms with E-state index in [1.54, 1.807) is 12.3 Å². The van der Waals surface area contributed by atoms with E-state index in [4.69, 9.17) is 0 Å². The Morgan fingerprint density at radius 3 is 3.15 bits per heavy atom. The minimum atomic E-state index is -0.294. The van der Waals surface area contributed by atoms with Crippen LogP contribution >= 0.6 is 11.7 Å². The Hall–Kier alpha value is -1.76. The van der Waals surface area contributed by atoms with Crippen molar-refractivity contribution in [2.24, 2.45) is 0 Å². The number of hydrogen-bond donors (Lipinski definition) is 2. The lowest BCUT2D eigenvalue weighted by Crippen LogP contribution is -2.12. The summed E-state index contributed by atoms with van der Waals surface area (Å²) in [7, 11) is 0. The number of H-pyrrole nitrogens is 1. The van der Waals surface area contributed by atoms with Gasteiger partial charge in [0.25, 0.3) is 5.91 Å². The number of amides is 1. The SMILES string of the molecule is O=C(Nc1ccn[nH]1)c1cnsn1. The number of nitrogens with zero attached hydrogens (tertiary/aromatic N) is 3. The van der Waals surface area contributed by atoms with E-state index in [2.05, 4.69) is 24.3 Å². The van der Waals surface area contributed by atoms with Crippen LogP contribution in [0.15, 0.2) is 18.5 Å². The molecule has 0 aliphatic rings. The minimum Gasteiger partial charge on any atom is -0.306 e. The predicted octanol–water partition coefficient (Wildman–Crippen LogP) is 0.513. The molecule has 2 aromatic heterocycles. The summed E-state index contributed by atoms with van der Waals surface area (Å²) in [6.45, 7) is 0. The molecule has 0 unspecified atom stereocenters. The molecule has 0 radical (unpaired) electrons. The van der Waals surface area contributed by atoms with E-state index in [9.17, 15) is 4.79 Å². The van der Waals surface area contributed by atoms with Gasteiger partial charge < -0.3 is 5.32 Å². The monoisotopic (exact) mass is 195 g/mol. The Morgan fingerprint density at radius 2 is 2.54 bits per heavy atom. The summed E-state index contributed by atoms with van der Waals surface area (Å²) in [5.41, 5.74) is 0.305. The zero-order valence-corrected chi connectivity index (χ0v) is 7.21. The molecule has 2 rings (SSSR count). The van der Waals surface area contributed by atoms with Crippen LogP contribution in [0.5, 0.6) is 0 Å². The first-order chi connectivity index (χ1) is 6.36. The van der Waals surface area contributed by atoms with Gasteiger partial charge >= 0.3 is 0 Å². The maximum absolute atomic E-state index is 11.3. The number of aromatic nitrogens is 4. The first-order valence-electron chi connectivity index (χ1n) is 3.44. The van der Waals surface area contributed by atoms with Gasteiger partial charge in [-0.2, -0.15) is 13.8 Å². The Balaban J connectivity index is 2.08. The van der Waals surface area contributed by atoms with Gasteiger partial charge in [0.15, 0.2) is 5.69 Å². The number of nitrogens with one attached hydrogen (secondary N) is 2. The third kappa shape index (κ3) is 1.70. The summed E-state index contributed by atoms with van der Waals surface area (Å²) < 4.78 is 7.50. The Labute approximate surface area is 77.3 Å². The fourth-order valence-electron chi connectivity index (χ4n) is 0.777. The minimum absolute atomic E-state index is 0.294. The van der Waals surface area contributed by atoms with Gasteiger partial charge in [-0.05, 0) is 0 Å². The largest absolute Gasteiger partial charge is 0.306 e. The third-order valence-electron chi connectivity index (χ3n) is 1.34. The van der Waals surface area contributed by atoms with E-state index in [-0.39, 0.29) is 5.91 Å². The van der Waals surface area contributed by atoms with Crippen molar-refractivity contribution in [2.75, 3.05) is 5.32 Å². The van der Waals surface area contributed by atoms with Crippen molar-refractivity contribution >= 4 is 23.5 Å². The van der Waals surface area contributed by atoms with Gasteiger partial charge in [0.1, 0.15) is 5.82 Å². The first kappa shape index (κ1) is 7.87. The standard InChI is InChI=1S/C6H5N5OS/c12-6(4-3-8-13-11-4)9-5-1-2-7-10-5/h1-3H,(H2,7,9,10,12). The van der Waals surface area contributed by atoms with Gasteiger partial charge in [0.2, 0.25) is 0 Å². The van der Waals surface area contributed by atoms with Crippen LogP contribution in [-0.4, -0.2) is 24.9 Å². The highest BCUT2D eigenvalue weighted by Gasteiger charge is 2.08. The number of carbonyl (C=O) groups is 1. The molecule has 0 fully saturated rings. The van der Waals surface area contributed by atoms with Crippen molar-refractivity contribution < 1.29 is 4.79 Å². The summed E-state index contributed by atoms with van der Waals surface area (Å²) >= 11 is 0.994. The molecule has 0 bridgehead atoms. The second kappa shape index (κ2) is 3.31. The molecule has 0 saturated heterocycles. The second-order valence-electron chi connectivity index (χ2n) is 2.22. The Kier molecular flexibility index (Phi) is 2.01. The van der Waals surface area contributed by atoms with Crippen molar-refractivity contribution in [1.29, 1.82) is 0 Å². The van der Waals surface area contributed by atoms with Crippen LogP contribution in [0.2, 0.25) is 0 Å². The molecule has 0 atom stereocenters.